The topological polar surface area (TPSA) is 127 Å². The van der Waals surface area contributed by atoms with Crippen LogP contribution in [0.4, 0.5) is 9.59 Å². The molecule has 3 bridgehead atoms. The van der Waals surface area contributed by atoms with Crippen molar-refractivity contribution in [2.75, 3.05) is 32.8 Å². The van der Waals surface area contributed by atoms with E-state index in [-0.39, 0.29) is 49.0 Å². The van der Waals surface area contributed by atoms with Crippen LogP contribution >= 0.6 is 0 Å². The molecule has 5 rings (SSSR count). The highest BCUT2D eigenvalue weighted by molar-refractivity contribution is 5.74. The van der Waals surface area contributed by atoms with Crippen molar-refractivity contribution < 1.29 is 28.9 Å². The normalized spacial score (nSPS) is 31.2. The number of carbonyl (C=O) groups is 2. The van der Waals surface area contributed by atoms with Gasteiger partial charge in [0.25, 0.3) is 0 Å². The Labute approximate surface area is 231 Å². The van der Waals surface area contributed by atoms with Gasteiger partial charge in [-0.15, -0.1) is 0 Å². The maximum absolute atomic E-state index is 13.5. The molecule has 1 aliphatic carbocycles. The molecule has 1 saturated carbocycles. The molecule has 6 unspecified atom stereocenters. The monoisotopic (exact) mass is 544 g/mol. The molecule has 10 heteroatoms. The van der Waals surface area contributed by atoms with Gasteiger partial charge in [0.05, 0.1) is 31.4 Å². The van der Waals surface area contributed by atoms with Gasteiger partial charge < -0.3 is 40.2 Å². The molecule has 3 heterocycles. The SMILES string of the molecule is CC(C)CN(C[C@@H](O)[C@H](Cc1ccccc1)NC(=O)OC1C2COC3OC1CC3C2)C(=O)N1CCCC(N)C1. The fourth-order valence-electron chi connectivity index (χ4n) is 6.59. The highest BCUT2D eigenvalue weighted by Crippen LogP contribution is 2.46. The Hall–Kier alpha value is -2.40. The number of hydrogen-bond acceptors (Lipinski definition) is 7. The predicted molar refractivity (Wildman–Crippen MR) is 145 cm³/mol. The second-order valence-electron chi connectivity index (χ2n) is 12.2. The minimum Gasteiger partial charge on any atom is -0.443 e. The van der Waals surface area contributed by atoms with Gasteiger partial charge in [-0.1, -0.05) is 44.2 Å². The van der Waals surface area contributed by atoms with Crippen LogP contribution in [0.3, 0.4) is 0 Å². The van der Waals surface area contributed by atoms with Gasteiger partial charge in [0.1, 0.15) is 6.10 Å². The second kappa shape index (κ2) is 12.4. The van der Waals surface area contributed by atoms with Crippen LogP contribution in [0.25, 0.3) is 0 Å². The van der Waals surface area contributed by atoms with Crippen molar-refractivity contribution in [3.8, 4) is 0 Å². The van der Waals surface area contributed by atoms with Gasteiger partial charge in [0.2, 0.25) is 0 Å². The fourth-order valence-corrected chi connectivity index (χ4v) is 6.59. The lowest BCUT2D eigenvalue weighted by atomic mass is 9.78. The van der Waals surface area contributed by atoms with E-state index in [2.05, 4.69) is 5.32 Å². The highest BCUT2D eigenvalue weighted by Gasteiger charge is 2.53. The van der Waals surface area contributed by atoms with Crippen LogP contribution in [0.5, 0.6) is 0 Å². The van der Waals surface area contributed by atoms with E-state index in [1.807, 2.05) is 44.2 Å². The molecule has 1 aromatic carbocycles. The van der Waals surface area contributed by atoms with Crippen molar-refractivity contribution in [2.24, 2.45) is 23.5 Å². The lowest BCUT2D eigenvalue weighted by Gasteiger charge is -2.38. The third-order valence-electron chi connectivity index (χ3n) is 8.44. The maximum Gasteiger partial charge on any atom is 0.407 e. The van der Waals surface area contributed by atoms with E-state index in [9.17, 15) is 14.7 Å². The Morgan fingerprint density at radius 3 is 2.74 bits per heavy atom. The number of nitrogens with zero attached hydrogens (tertiary/aromatic N) is 2. The molecule has 4 fully saturated rings. The summed E-state index contributed by atoms with van der Waals surface area (Å²) in [7, 11) is 0. The molecule has 10 nitrogen and oxygen atoms in total. The average Bonchev–Trinajstić information content (AvgIpc) is 3.21. The number of hydrogen-bond donors (Lipinski definition) is 3. The molecule has 0 aromatic heterocycles. The number of fused-ring (bicyclic) bond motifs is 2. The molecule has 8 atom stereocenters. The average molecular weight is 545 g/mol. The summed E-state index contributed by atoms with van der Waals surface area (Å²) in [6.07, 6.45) is 1.65. The molecule has 3 aliphatic heterocycles. The number of urea groups is 1. The van der Waals surface area contributed by atoms with Gasteiger partial charge >= 0.3 is 12.1 Å². The Balaban J connectivity index is 1.27. The molecular weight excluding hydrogens is 500 g/mol. The van der Waals surface area contributed by atoms with E-state index in [1.165, 1.54) is 0 Å². The standard InChI is InChI=1S/C29H44N4O6/c1-18(2)14-33(29(36)32-10-6-9-22(30)15-32)16-24(34)23(11-19-7-4-3-5-8-19)31-28(35)39-26-21-12-20-13-25(26)38-27(20)37-17-21/h3-5,7-8,18,20-27,34H,6,9-17,30H2,1-2H3,(H,31,35)/t20?,21?,22?,23-,24+,25?,26?,27?/m0/s1. The van der Waals surface area contributed by atoms with Crippen LogP contribution in [0.2, 0.25) is 0 Å². The van der Waals surface area contributed by atoms with Crippen LogP contribution in [0.15, 0.2) is 30.3 Å². The molecule has 0 radical (unpaired) electrons. The van der Waals surface area contributed by atoms with Crippen LogP contribution in [0, 0.1) is 17.8 Å². The number of alkyl carbamates (subject to hydrolysis) is 1. The third-order valence-corrected chi connectivity index (χ3v) is 8.44. The van der Waals surface area contributed by atoms with E-state index < -0.39 is 18.2 Å². The summed E-state index contributed by atoms with van der Waals surface area (Å²) in [5.74, 6) is 0.707. The Morgan fingerprint density at radius 1 is 1.21 bits per heavy atom. The number of carbonyl (C=O) groups excluding carboxylic acids is 2. The van der Waals surface area contributed by atoms with Crippen LogP contribution in [-0.2, 0) is 20.6 Å². The number of aliphatic hydroxyl groups is 1. The van der Waals surface area contributed by atoms with Gasteiger partial charge in [-0.2, -0.15) is 0 Å². The number of nitrogens with two attached hydrogens (primary N) is 1. The summed E-state index contributed by atoms with van der Waals surface area (Å²) in [4.78, 5) is 30.2. The van der Waals surface area contributed by atoms with Crippen LogP contribution in [-0.4, -0.2) is 96.5 Å². The molecule has 39 heavy (non-hydrogen) atoms. The Morgan fingerprint density at radius 2 is 2.00 bits per heavy atom. The first-order valence-electron chi connectivity index (χ1n) is 14.5. The lowest BCUT2D eigenvalue weighted by Crippen LogP contribution is -2.56. The largest absolute Gasteiger partial charge is 0.443 e. The Kier molecular flexibility index (Phi) is 8.96. The molecule has 216 valence electrons. The van der Waals surface area contributed by atoms with Gasteiger partial charge in [-0.3, -0.25) is 0 Å². The summed E-state index contributed by atoms with van der Waals surface area (Å²) >= 11 is 0. The van der Waals surface area contributed by atoms with Crippen molar-refractivity contribution in [2.45, 2.75) is 82.6 Å². The number of nitrogens with one attached hydrogen (secondary N) is 1. The summed E-state index contributed by atoms with van der Waals surface area (Å²) in [6, 6.07) is 8.90. The number of piperidine rings is 1. The number of rotatable bonds is 9. The summed E-state index contributed by atoms with van der Waals surface area (Å²) in [5, 5.41) is 14.4. The number of amides is 3. The molecule has 4 N–H and O–H groups in total. The third kappa shape index (κ3) is 6.85. The van der Waals surface area contributed by atoms with E-state index in [4.69, 9.17) is 19.9 Å². The van der Waals surface area contributed by atoms with Crippen molar-refractivity contribution >= 4 is 12.1 Å². The predicted octanol–water partition coefficient (Wildman–Crippen LogP) is 2.34. The second-order valence-corrected chi connectivity index (χ2v) is 12.2. The quantitative estimate of drug-likeness (QED) is 0.436. The van der Waals surface area contributed by atoms with Crippen molar-refractivity contribution in [3.05, 3.63) is 35.9 Å². The maximum atomic E-state index is 13.5. The van der Waals surface area contributed by atoms with Gasteiger partial charge in [0.15, 0.2) is 6.29 Å². The molecular formula is C29H44N4O6. The van der Waals surface area contributed by atoms with Crippen LogP contribution in [0.1, 0.15) is 45.1 Å². The highest BCUT2D eigenvalue weighted by atomic mass is 16.7. The number of likely N-dealkylation sites (tertiary alicyclic amines) is 1. The number of ether oxygens (including phenoxy) is 3. The first-order valence-corrected chi connectivity index (χ1v) is 14.5. The molecule has 3 saturated heterocycles. The number of benzene rings is 1. The molecule has 3 amide bonds. The van der Waals surface area contributed by atoms with Crippen LogP contribution < -0.4 is 11.1 Å². The first kappa shape index (κ1) is 28.1. The van der Waals surface area contributed by atoms with Crippen molar-refractivity contribution in [1.29, 1.82) is 0 Å². The van der Waals surface area contributed by atoms with E-state index in [1.54, 1.807) is 9.80 Å². The van der Waals surface area contributed by atoms with Crippen molar-refractivity contribution in [1.82, 2.24) is 15.1 Å². The molecule has 0 spiro atoms. The van der Waals surface area contributed by atoms with Gasteiger partial charge in [-0.05, 0) is 43.6 Å². The zero-order chi connectivity index (χ0) is 27.5. The first-order chi connectivity index (χ1) is 18.8. The summed E-state index contributed by atoms with van der Waals surface area (Å²) in [6.45, 7) is 6.37. The zero-order valence-corrected chi connectivity index (χ0v) is 23.1. The van der Waals surface area contributed by atoms with Gasteiger partial charge in [0, 0.05) is 37.5 Å². The molecule has 4 aliphatic rings. The van der Waals surface area contributed by atoms with E-state index in [0.29, 0.717) is 38.6 Å². The zero-order valence-electron chi connectivity index (χ0n) is 23.1. The summed E-state index contributed by atoms with van der Waals surface area (Å²) < 4.78 is 17.7. The minimum absolute atomic E-state index is 0.0322. The van der Waals surface area contributed by atoms with E-state index >= 15 is 0 Å². The molecule has 1 aromatic rings. The number of aliphatic hydroxyl groups excluding tert-OH is 1. The van der Waals surface area contributed by atoms with Crippen molar-refractivity contribution in [3.63, 3.8) is 0 Å². The fraction of sp³-hybridized carbons (Fsp3) is 0.724. The van der Waals surface area contributed by atoms with Gasteiger partial charge in [-0.25, -0.2) is 9.59 Å². The Bertz CT molecular complexity index is 972. The lowest BCUT2D eigenvalue weighted by molar-refractivity contribution is -0.153. The minimum atomic E-state index is -1.00. The summed E-state index contributed by atoms with van der Waals surface area (Å²) in [5.41, 5.74) is 7.11. The van der Waals surface area contributed by atoms with E-state index in [0.717, 1.165) is 31.2 Å². The smallest absolute Gasteiger partial charge is 0.407 e.